The Labute approximate surface area is 156 Å². The number of benzene rings is 2. The largest absolute Gasteiger partial charge is 0.469 e. The highest BCUT2D eigenvalue weighted by Crippen LogP contribution is 2.21. The standard InChI is InChI=1S/C20H19ClN2O3/c1-26-19(24)9-10-23(13-14-5-3-2-4-6-14)20(25)18-11-15-7-8-16(21)12-17(15)22-18/h2-8,11-12,22H,9-10,13H2,1H3. The van der Waals surface area contributed by atoms with Crippen molar-refractivity contribution >= 4 is 34.4 Å². The van der Waals surface area contributed by atoms with Crippen LogP contribution in [-0.4, -0.2) is 35.4 Å². The first-order chi connectivity index (χ1) is 12.6. The lowest BCUT2D eigenvalue weighted by Gasteiger charge is -2.22. The highest BCUT2D eigenvalue weighted by Gasteiger charge is 2.19. The quantitative estimate of drug-likeness (QED) is 0.666. The number of ether oxygens (including phenoxy) is 1. The number of carbonyl (C=O) groups excluding carboxylic acids is 2. The van der Waals surface area contributed by atoms with E-state index in [0.717, 1.165) is 16.5 Å². The molecule has 0 bridgehead atoms. The number of carbonyl (C=O) groups is 2. The van der Waals surface area contributed by atoms with Gasteiger partial charge in [0.25, 0.3) is 5.91 Å². The zero-order valence-corrected chi connectivity index (χ0v) is 15.1. The Morgan fingerprint density at radius 2 is 1.88 bits per heavy atom. The van der Waals surface area contributed by atoms with Gasteiger partial charge in [0.1, 0.15) is 5.69 Å². The fraction of sp³-hybridized carbons (Fsp3) is 0.200. The van der Waals surface area contributed by atoms with Gasteiger partial charge in [-0.3, -0.25) is 9.59 Å². The molecular weight excluding hydrogens is 352 g/mol. The average Bonchev–Trinajstić information content (AvgIpc) is 3.08. The maximum atomic E-state index is 13.0. The SMILES string of the molecule is COC(=O)CCN(Cc1ccccc1)C(=O)c1cc2ccc(Cl)cc2[nH]1. The van der Waals surface area contributed by atoms with E-state index in [9.17, 15) is 9.59 Å². The smallest absolute Gasteiger partial charge is 0.307 e. The molecule has 134 valence electrons. The van der Waals surface area contributed by atoms with Gasteiger partial charge >= 0.3 is 5.97 Å². The van der Waals surface area contributed by atoms with Crippen LogP contribution in [0.5, 0.6) is 0 Å². The maximum absolute atomic E-state index is 13.0. The van der Waals surface area contributed by atoms with Gasteiger partial charge in [0, 0.05) is 29.0 Å². The van der Waals surface area contributed by atoms with Crippen molar-refractivity contribution in [2.24, 2.45) is 0 Å². The number of hydrogen-bond donors (Lipinski definition) is 1. The van der Waals surface area contributed by atoms with Crippen molar-refractivity contribution in [3.63, 3.8) is 0 Å². The summed E-state index contributed by atoms with van der Waals surface area (Å²) in [5, 5.41) is 1.51. The zero-order valence-electron chi connectivity index (χ0n) is 14.4. The monoisotopic (exact) mass is 370 g/mol. The van der Waals surface area contributed by atoms with Crippen molar-refractivity contribution < 1.29 is 14.3 Å². The van der Waals surface area contributed by atoms with E-state index < -0.39 is 0 Å². The van der Waals surface area contributed by atoms with Crippen molar-refractivity contribution in [1.29, 1.82) is 0 Å². The van der Waals surface area contributed by atoms with E-state index in [1.54, 1.807) is 23.1 Å². The Kier molecular flexibility index (Phi) is 5.58. The number of nitrogens with one attached hydrogen (secondary N) is 1. The zero-order chi connectivity index (χ0) is 18.5. The lowest BCUT2D eigenvalue weighted by Crippen LogP contribution is -2.33. The Hall–Kier alpha value is -2.79. The molecule has 0 spiro atoms. The second-order valence-corrected chi connectivity index (χ2v) is 6.39. The van der Waals surface area contributed by atoms with E-state index in [4.69, 9.17) is 16.3 Å². The van der Waals surface area contributed by atoms with E-state index in [-0.39, 0.29) is 24.8 Å². The van der Waals surface area contributed by atoms with Crippen LogP contribution in [0.3, 0.4) is 0 Å². The minimum atomic E-state index is -0.348. The fourth-order valence-corrected chi connectivity index (χ4v) is 2.94. The molecule has 2 aromatic carbocycles. The predicted molar refractivity (Wildman–Crippen MR) is 101 cm³/mol. The van der Waals surface area contributed by atoms with Gasteiger partial charge in [-0.05, 0) is 23.8 Å². The Morgan fingerprint density at radius 1 is 1.12 bits per heavy atom. The van der Waals surface area contributed by atoms with Crippen LogP contribution in [0.1, 0.15) is 22.5 Å². The van der Waals surface area contributed by atoms with E-state index in [2.05, 4.69) is 4.98 Å². The van der Waals surface area contributed by atoms with Gasteiger partial charge in [-0.25, -0.2) is 0 Å². The van der Waals surface area contributed by atoms with Crippen molar-refractivity contribution in [3.8, 4) is 0 Å². The third-order valence-corrected chi connectivity index (χ3v) is 4.37. The maximum Gasteiger partial charge on any atom is 0.307 e. The van der Waals surface area contributed by atoms with Gasteiger partial charge in [0.2, 0.25) is 0 Å². The summed E-state index contributed by atoms with van der Waals surface area (Å²) in [5.74, 6) is -0.524. The normalized spacial score (nSPS) is 10.7. The number of fused-ring (bicyclic) bond motifs is 1. The second-order valence-electron chi connectivity index (χ2n) is 5.95. The van der Waals surface area contributed by atoms with Crippen molar-refractivity contribution in [2.75, 3.05) is 13.7 Å². The first-order valence-electron chi connectivity index (χ1n) is 8.25. The molecule has 0 radical (unpaired) electrons. The summed E-state index contributed by atoms with van der Waals surface area (Å²) in [6.45, 7) is 0.684. The number of amides is 1. The molecule has 1 amide bonds. The van der Waals surface area contributed by atoms with Gasteiger partial charge in [-0.1, -0.05) is 48.0 Å². The van der Waals surface area contributed by atoms with Crippen LogP contribution in [0.15, 0.2) is 54.6 Å². The molecular formula is C20H19ClN2O3. The lowest BCUT2D eigenvalue weighted by molar-refractivity contribution is -0.140. The minimum absolute atomic E-state index is 0.140. The van der Waals surface area contributed by atoms with Crippen LogP contribution in [0, 0.1) is 0 Å². The molecule has 3 rings (SSSR count). The molecule has 3 aromatic rings. The topological polar surface area (TPSA) is 62.4 Å². The number of aromatic amines is 1. The molecule has 5 nitrogen and oxygen atoms in total. The highest BCUT2D eigenvalue weighted by molar-refractivity contribution is 6.31. The van der Waals surface area contributed by atoms with Crippen LogP contribution in [0.25, 0.3) is 10.9 Å². The number of aromatic nitrogens is 1. The van der Waals surface area contributed by atoms with Crippen molar-refractivity contribution in [3.05, 3.63) is 70.9 Å². The van der Waals surface area contributed by atoms with E-state index in [1.165, 1.54) is 7.11 Å². The third kappa shape index (κ3) is 4.24. The Morgan fingerprint density at radius 3 is 2.62 bits per heavy atom. The lowest BCUT2D eigenvalue weighted by atomic mass is 10.2. The van der Waals surface area contributed by atoms with Gasteiger partial charge < -0.3 is 14.6 Å². The summed E-state index contributed by atoms with van der Waals surface area (Å²) in [7, 11) is 1.34. The van der Waals surface area contributed by atoms with Gasteiger partial charge in [-0.2, -0.15) is 0 Å². The molecule has 0 saturated heterocycles. The summed E-state index contributed by atoms with van der Waals surface area (Å²) < 4.78 is 4.70. The number of methoxy groups -OCH3 is 1. The molecule has 1 aromatic heterocycles. The molecule has 0 fully saturated rings. The molecule has 1 N–H and O–H groups in total. The van der Waals surface area contributed by atoms with Gasteiger partial charge in [0.15, 0.2) is 0 Å². The van der Waals surface area contributed by atoms with E-state index in [0.29, 0.717) is 17.3 Å². The van der Waals surface area contributed by atoms with Crippen molar-refractivity contribution in [2.45, 2.75) is 13.0 Å². The van der Waals surface area contributed by atoms with E-state index >= 15 is 0 Å². The number of halogens is 1. The fourth-order valence-electron chi connectivity index (χ4n) is 2.77. The van der Waals surface area contributed by atoms with Crippen LogP contribution in [-0.2, 0) is 16.1 Å². The van der Waals surface area contributed by atoms with Crippen LogP contribution < -0.4 is 0 Å². The highest BCUT2D eigenvalue weighted by atomic mass is 35.5. The number of H-pyrrole nitrogens is 1. The summed E-state index contributed by atoms with van der Waals surface area (Å²) in [5.41, 5.74) is 2.25. The molecule has 0 unspecified atom stereocenters. The number of nitrogens with zero attached hydrogens (tertiary/aromatic N) is 1. The third-order valence-electron chi connectivity index (χ3n) is 4.13. The molecule has 6 heteroatoms. The minimum Gasteiger partial charge on any atom is -0.469 e. The van der Waals surface area contributed by atoms with Gasteiger partial charge in [0.05, 0.1) is 13.5 Å². The molecule has 0 aliphatic rings. The van der Waals surface area contributed by atoms with Crippen LogP contribution in [0.4, 0.5) is 0 Å². The summed E-state index contributed by atoms with van der Waals surface area (Å²) in [6.07, 6.45) is 0.140. The predicted octanol–water partition coefficient (Wildman–Crippen LogP) is 4.03. The first kappa shape index (κ1) is 18.0. The number of esters is 1. The second kappa shape index (κ2) is 8.06. The molecule has 1 heterocycles. The number of rotatable bonds is 6. The molecule has 0 aliphatic heterocycles. The molecule has 0 saturated carbocycles. The van der Waals surface area contributed by atoms with Gasteiger partial charge in [-0.15, -0.1) is 0 Å². The van der Waals surface area contributed by atoms with Crippen LogP contribution >= 0.6 is 11.6 Å². The summed E-state index contributed by atoms with van der Waals surface area (Å²) >= 11 is 6.01. The number of hydrogen-bond acceptors (Lipinski definition) is 3. The van der Waals surface area contributed by atoms with E-state index in [1.807, 2.05) is 36.4 Å². The first-order valence-corrected chi connectivity index (χ1v) is 8.63. The molecule has 26 heavy (non-hydrogen) atoms. The Bertz CT molecular complexity index is 921. The van der Waals surface area contributed by atoms with Crippen molar-refractivity contribution in [1.82, 2.24) is 9.88 Å². The Balaban J connectivity index is 1.85. The van der Waals surface area contributed by atoms with Crippen LogP contribution in [0.2, 0.25) is 5.02 Å². The summed E-state index contributed by atoms with van der Waals surface area (Å²) in [6, 6.07) is 16.9. The molecule has 0 aliphatic carbocycles. The average molecular weight is 371 g/mol. The summed E-state index contributed by atoms with van der Waals surface area (Å²) in [4.78, 5) is 29.3. The molecule has 0 atom stereocenters.